The summed E-state index contributed by atoms with van der Waals surface area (Å²) in [5.74, 6) is -0.0662. The number of fused-ring (bicyclic) bond motifs is 1. The van der Waals surface area contributed by atoms with Gasteiger partial charge < -0.3 is 0 Å². The number of carbonyl (C=O) groups excluding carboxylic acids is 1. The second-order valence-electron chi connectivity index (χ2n) is 3.86. The van der Waals surface area contributed by atoms with Gasteiger partial charge in [-0.1, -0.05) is 18.5 Å². The summed E-state index contributed by atoms with van der Waals surface area (Å²) in [5.41, 5.74) is 1.38. The Hall–Kier alpha value is -0.890. The normalized spacial score (nSPS) is 20.8. The number of rotatable bonds is 0. The molecular formula is C11H10ClFO. The third kappa shape index (κ3) is 1.55. The molecule has 0 saturated heterocycles. The van der Waals surface area contributed by atoms with Gasteiger partial charge in [-0.05, 0) is 30.0 Å². The first kappa shape index (κ1) is 9.66. The summed E-state index contributed by atoms with van der Waals surface area (Å²) in [6, 6.07) is 2.83. The van der Waals surface area contributed by atoms with Gasteiger partial charge in [0.05, 0.1) is 5.02 Å². The van der Waals surface area contributed by atoms with Gasteiger partial charge in [-0.2, -0.15) is 0 Å². The fraction of sp³-hybridized carbons (Fsp3) is 0.364. The summed E-state index contributed by atoms with van der Waals surface area (Å²) >= 11 is 5.62. The van der Waals surface area contributed by atoms with Crippen molar-refractivity contribution in [2.45, 2.75) is 19.8 Å². The van der Waals surface area contributed by atoms with Crippen LogP contribution in [0.25, 0.3) is 0 Å². The fourth-order valence-corrected chi connectivity index (χ4v) is 2.05. The Balaban J connectivity index is 2.55. The monoisotopic (exact) mass is 212 g/mol. The first-order valence-corrected chi connectivity index (χ1v) is 4.97. The molecule has 1 atom stereocenters. The molecular weight excluding hydrogens is 203 g/mol. The molecule has 74 valence electrons. The van der Waals surface area contributed by atoms with E-state index in [1.165, 1.54) is 12.1 Å². The highest BCUT2D eigenvalue weighted by Crippen LogP contribution is 2.29. The number of benzene rings is 1. The van der Waals surface area contributed by atoms with E-state index in [2.05, 4.69) is 0 Å². The summed E-state index contributed by atoms with van der Waals surface area (Å²) in [7, 11) is 0. The smallest absolute Gasteiger partial charge is 0.163 e. The van der Waals surface area contributed by atoms with E-state index in [1.807, 2.05) is 6.92 Å². The predicted octanol–water partition coefficient (Wildman–Crippen LogP) is 3.24. The lowest BCUT2D eigenvalue weighted by atomic mass is 9.84. The van der Waals surface area contributed by atoms with Crippen molar-refractivity contribution in [2.75, 3.05) is 0 Å². The maximum atomic E-state index is 13.1. The summed E-state index contributed by atoms with van der Waals surface area (Å²) in [6.07, 6.45) is 1.30. The summed E-state index contributed by atoms with van der Waals surface area (Å²) < 4.78 is 13.1. The zero-order valence-electron chi connectivity index (χ0n) is 7.81. The Labute approximate surface area is 86.9 Å². The largest absolute Gasteiger partial charge is 0.294 e. The number of halogens is 2. The van der Waals surface area contributed by atoms with Crippen LogP contribution in [0.15, 0.2) is 12.1 Å². The molecule has 0 spiro atoms. The van der Waals surface area contributed by atoms with Crippen molar-refractivity contribution in [3.05, 3.63) is 34.1 Å². The van der Waals surface area contributed by atoms with Gasteiger partial charge in [0.15, 0.2) is 5.78 Å². The lowest BCUT2D eigenvalue weighted by Crippen LogP contribution is -2.18. The SMILES string of the molecule is CC1CC(=O)c2cc(Cl)c(F)cc2C1. The molecule has 0 aromatic heterocycles. The minimum Gasteiger partial charge on any atom is -0.294 e. The Morgan fingerprint density at radius 1 is 1.43 bits per heavy atom. The summed E-state index contributed by atoms with van der Waals surface area (Å²) in [6.45, 7) is 1.99. The van der Waals surface area contributed by atoms with Crippen molar-refractivity contribution in [2.24, 2.45) is 5.92 Å². The van der Waals surface area contributed by atoms with Crippen LogP contribution in [0.5, 0.6) is 0 Å². The zero-order valence-corrected chi connectivity index (χ0v) is 8.57. The molecule has 0 aliphatic heterocycles. The van der Waals surface area contributed by atoms with E-state index >= 15 is 0 Å². The van der Waals surface area contributed by atoms with E-state index < -0.39 is 5.82 Å². The summed E-state index contributed by atoms with van der Waals surface area (Å²) in [5, 5.41) is 0.0339. The Kier molecular flexibility index (Phi) is 2.31. The lowest BCUT2D eigenvalue weighted by Gasteiger charge is -2.20. The van der Waals surface area contributed by atoms with Gasteiger partial charge in [0.2, 0.25) is 0 Å². The van der Waals surface area contributed by atoms with Crippen LogP contribution in [-0.4, -0.2) is 5.78 Å². The molecule has 1 nitrogen and oxygen atoms in total. The third-order valence-corrected chi connectivity index (χ3v) is 2.84. The van der Waals surface area contributed by atoms with Gasteiger partial charge in [0, 0.05) is 12.0 Å². The quantitative estimate of drug-likeness (QED) is 0.645. The van der Waals surface area contributed by atoms with Crippen LogP contribution in [0.4, 0.5) is 4.39 Å². The van der Waals surface area contributed by atoms with Gasteiger partial charge in [0.25, 0.3) is 0 Å². The maximum Gasteiger partial charge on any atom is 0.163 e. The van der Waals surface area contributed by atoms with Crippen LogP contribution < -0.4 is 0 Å². The number of hydrogen-bond acceptors (Lipinski definition) is 1. The standard InChI is InChI=1S/C11H10ClFO/c1-6-2-7-4-10(13)9(12)5-8(7)11(14)3-6/h4-6H,2-3H2,1H3. The average molecular weight is 213 g/mol. The van der Waals surface area contributed by atoms with Crippen LogP contribution in [0.2, 0.25) is 5.02 Å². The van der Waals surface area contributed by atoms with Crippen molar-refractivity contribution in [3.63, 3.8) is 0 Å². The number of Topliss-reactive ketones (excluding diaryl/α,β-unsaturated/α-hetero) is 1. The molecule has 3 heteroatoms. The molecule has 0 N–H and O–H groups in total. The van der Waals surface area contributed by atoms with Crippen LogP contribution in [-0.2, 0) is 6.42 Å². The Morgan fingerprint density at radius 3 is 2.86 bits per heavy atom. The van der Waals surface area contributed by atoms with E-state index in [-0.39, 0.29) is 10.8 Å². The Morgan fingerprint density at radius 2 is 2.14 bits per heavy atom. The molecule has 2 rings (SSSR count). The van der Waals surface area contributed by atoms with Crippen molar-refractivity contribution in [1.29, 1.82) is 0 Å². The molecule has 1 aromatic carbocycles. The second kappa shape index (κ2) is 3.35. The third-order valence-electron chi connectivity index (χ3n) is 2.55. The number of carbonyl (C=O) groups is 1. The molecule has 0 bridgehead atoms. The second-order valence-corrected chi connectivity index (χ2v) is 4.27. The predicted molar refractivity (Wildman–Crippen MR) is 53.2 cm³/mol. The lowest BCUT2D eigenvalue weighted by molar-refractivity contribution is 0.0953. The highest BCUT2D eigenvalue weighted by molar-refractivity contribution is 6.31. The zero-order chi connectivity index (χ0) is 10.3. The highest BCUT2D eigenvalue weighted by Gasteiger charge is 2.23. The van der Waals surface area contributed by atoms with Gasteiger partial charge in [-0.15, -0.1) is 0 Å². The van der Waals surface area contributed by atoms with Gasteiger partial charge in [-0.3, -0.25) is 4.79 Å². The van der Waals surface area contributed by atoms with Crippen LogP contribution in [0.1, 0.15) is 29.3 Å². The molecule has 0 radical (unpaired) electrons. The molecule has 14 heavy (non-hydrogen) atoms. The molecule has 1 aromatic rings. The number of hydrogen-bond donors (Lipinski definition) is 0. The minimum atomic E-state index is -0.438. The molecule has 1 aliphatic carbocycles. The van der Waals surface area contributed by atoms with Gasteiger partial charge >= 0.3 is 0 Å². The fourth-order valence-electron chi connectivity index (χ4n) is 1.89. The van der Waals surface area contributed by atoms with Crippen molar-refractivity contribution < 1.29 is 9.18 Å². The first-order chi connectivity index (χ1) is 6.58. The topological polar surface area (TPSA) is 17.1 Å². The Bertz CT molecular complexity index is 401. The maximum absolute atomic E-state index is 13.1. The van der Waals surface area contributed by atoms with E-state index in [9.17, 15) is 9.18 Å². The molecule has 0 amide bonds. The van der Waals surface area contributed by atoms with Crippen LogP contribution in [0, 0.1) is 11.7 Å². The van der Waals surface area contributed by atoms with E-state index in [1.54, 1.807) is 0 Å². The number of ketones is 1. The van der Waals surface area contributed by atoms with E-state index in [0.717, 1.165) is 12.0 Å². The average Bonchev–Trinajstić information content (AvgIpc) is 2.08. The molecule has 0 fully saturated rings. The van der Waals surface area contributed by atoms with Crippen molar-refractivity contribution in [1.82, 2.24) is 0 Å². The van der Waals surface area contributed by atoms with Crippen LogP contribution >= 0.6 is 11.6 Å². The van der Waals surface area contributed by atoms with Crippen LogP contribution in [0.3, 0.4) is 0 Å². The molecule has 0 heterocycles. The highest BCUT2D eigenvalue weighted by atomic mass is 35.5. The van der Waals surface area contributed by atoms with E-state index in [0.29, 0.717) is 17.9 Å². The van der Waals surface area contributed by atoms with Crippen molar-refractivity contribution >= 4 is 17.4 Å². The van der Waals surface area contributed by atoms with Crippen molar-refractivity contribution in [3.8, 4) is 0 Å². The summed E-state index contributed by atoms with van der Waals surface area (Å²) in [4.78, 5) is 11.6. The first-order valence-electron chi connectivity index (χ1n) is 4.59. The van der Waals surface area contributed by atoms with Gasteiger partial charge in [-0.25, -0.2) is 4.39 Å². The molecule has 0 saturated carbocycles. The molecule has 1 aliphatic rings. The van der Waals surface area contributed by atoms with Gasteiger partial charge in [0.1, 0.15) is 5.82 Å². The minimum absolute atomic E-state index is 0.0339. The molecule has 1 unspecified atom stereocenters. The van der Waals surface area contributed by atoms with E-state index in [4.69, 9.17) is 11.6 Å².